The number of benzene rings is 1. The number of ether oxygens (including phenoxy) is 1. The number of methoxy groups -OCH3 is 1. The molecule has 0 spiro atoms. The molecule has 1 heterocycles. The fourth-order valence-electron chi connectivity index (χ4n) is 1.82. The van der Waals surface area contributed by atoms with E-state index in [0.717, 1.165) is 18.5 Å². The zero-order valence-corrected chi connectivity index (χ0v) is 14.9. The van der Waals surface area contributed by atoms with Gasteiger partial charge in [0.05, 0.1) is 16.6 Å². The Balaban J connectivity index is 1.85. The average molecular weight is 374 g/mol. The van der Waals surface area contributed by atoms with Crippen LogP contribution >= 0.6 is 35.4 Å². The highest BCUT2D eigenvalue weighted by Crippen LogP contribution is 2.22. The van der Waals surface area contributed by atoms with Crippen LogP contribution in [0, 0.1) is 0 Å². The molecule has 6 nitrogen and oxygen atoms in total. The second-order valence-corrected chi connectivity index (χ2v) is 5.96. The first-order valence-electron chi connectivity index (χ1n) is 6.95. The van der Waals surface area contributed by atoms with Gasteiger partial charge in [-0.2, -0.15) is 0 Å². The number of anilines is 1. The van der Waals surface area contributed by atoms with Crippen LogP contribution in [0.15, 0.2) is 24.5 Å². The van der Waals surface area contributed by atoms with Gasteiger partial charge < -0.3 is 10.1 Å². The van der Waals surface area contributed by atoms with E-state index in [1.165, 1.54) is 0 Å². The van der Waals surface area contributed by atoms with Crippen LogP contribution < -0.4 is 10.6 Å². The van der Waals surface area contributed by atoms with Gasteiger partial charge in [-0.1, -0.05) is 29.3 Å². The Labute approximate surface area is 150 Å². The van der Waals surface area contributed by atoms with E-state index in [1.54, 1.807) is 30.3 Å². The number of hydrogen-bond acceptors (Lipinski definition) is 4. The van der Waals surface area contributed by atoms with Crippen molar-refractivity contribution in [3.05, 3.63) is 40.1 Å². The molecule has 1 aromatic carbocycles. The standard InChI is InChI=1S/C14H17Cl2N5OS/c1-22-6-2-5-17-14(23)19-13-18-9-21(20-13)8-10-3-4-11(15)12(16)7-10/h3-4,7,9H,2,5-6,8H2,1H3,(H2,17,19,20,23). The number of aromatic nitrogens is 3. The Kier molecular flexibility index (Phi) is 7.04. The maximum absolute atomic E-state index is 6.00. The molecule has 0 unspecified atom stereocenters. The zero-order chi connectivity index (χ0) is 16.7. The molecule has 0 saturated carbocycles. The lowest BCUT2D eigenvalue weighted by atomic mass is 10.2. The average Bonchev–Trinajstić information content (AvgIpc) is 2.94. The highest BCUT2D eigenvalue weighted by atomic mass is 35.5. The number of rotatable bonds is 7. The fourth-order valence-corrected chi connectivity index (χ4v) is 2.33. The topological polar surface area (TPSA) is 64.0 Å². The number of hydrogen-bond donors (Lipinski definition) is 2. The van der Waals surface area contributed by atoms with Gasteiger partial charge in [-0.15, -0.1) is 5.10 Å². The van der Waals surface area contributed by atoms with Gasteiger partial charge in [-0.05, 0) is 36.3 Å². The van der Waals surface area contributed by atoms with Gasteiger partial charge in [-0.3, -0.25) is 5.32 Å². The molecule has 0 atom stereocenters. The molecule has 0 fully saturated rings. The van der Waals surface area contributed by atoms with E-state index in [0.29, 0.717) is 34.3 Å². The van der Waals surface area contributed by atoms with E-state index < -0.39 is 0 Å². The van der Waals surface area contributed by atoms with Gasteiger partial charge in [-0.25, -0.2) is 9.67 Å². The summed E-state index contributed by atoms with van der Waals surface area (Å²) in [4.78, 5) is 4.17. The second kappa shape index (κ2) is 9.02. The van der Waals surface area contributed by atoms with Gasteiger partial charge in [0.15, 0.2) is 5.11 Å². The summed E-state index contributed by atoms with van der Waals surface area (Å²) in [6.07, 6.45) is 2.50. The monoisotopic (exact) mass is 373 g/mol. The minimum absolute atomic E-state index is 0.439. The Morgan fingerprint density at radius 3 is 2.91 bits per heavy atom. The molecular formula is C14H17Cl2N5OS. The summed E-state index contributed by atoms with van der Waals surface area (Å²) >= 11 is 17.1. The molecule has 1 aromatic heterocycles. The molecule has 0 radical (unpaired) electrons. The molecular weight excluding hydrogens is 357 g/mol. The predicted molar refractivity (Wildman–Crippen MR) is 96.3 cm³/mol. The Hall–Kier alpha value is -1.41. The third-order valence-corrected chi connectivity index (χ3v) is 3.89. The molecule has 23 heavy (non-hydrogen) atoms. The summed E-state index contributed by atoms with van der Waals surface area (Å²) in [6, 6.07) is 5.46. The summed E-state index contributed by atoms with van der Waals surface area (Å²) in [6.45, 7) is 1.95. The molecule has 124 valence electrons. The lowest BCUT2D eigenvalue weighted by Crippen LogP contribution is -2.30. The summed E-state index contributed by atoms with van der Waals surface area (Å²) < 4.78 is 6.66. The van der Waals surface area contributed by atoms with Gasteiger partial charge >= 0.3 is 0 Å². The molecule has 0 bridgehead atoms. The van der Waals surface area contributed by atoms with Crippen LogP contribution in [0.4, 0.5) is 5.95 Å². The zero-order valence-electron chi connectivity index (χ0n) is 12.6. The summed E-state index contributed by atoms with van der Waals surface area (Å²) in [5, 5.41) is 11.8. The molecule has 2 aromatic rings. The van der Waals surface area contributed by atoms with Gasteiger partial charge in [0.2, 0.25) is 5.95 Å². The number of nitrogens with zero attached hydrogens (tertiary/aromatic N) is 3. The van der Waals surface area contributed by atoms with E-state index in [9.17, 15) is 0 Å². The normalized spacial score (nSPS) is 10.6. The van der Waals surface area contributed by atoms with Crippen molar-refractivity contribution in [3.63, 3.8) is 0 Å². The van der Waals surface area contributed by atoms with Crippen molar-refractivity contribution < 1.29 is 4.74 Å². The van der Waals surface area contributed by atoms with Crippen molar-refractivity contribution in [1.29, 1.82) is 0 Å². The third-order valence-electron chi connectivity index (χ3n) is 2.90. The Morgan fingerprint density at radius 2 is 2.17 bits per heavy atom. The number of thiocarbonyl (C=S) groups is 1. The second-order valence-electron chi connectivity index (χ2n) is 4.74. The third kappa shape index (κ3) is 5.95. The van der Waals surface area contributed by atoms with Gasteiger partial charge in [0, 0.05) is 20.3 Å². The molecule has 0 amide bonds. The quantitative estimate of drug-likeness (QED) is 0.574. The summed E-state index contributed by atoms with van der Waals surface area (Å²) in [5.41, 5.74) is 0.983. The smallest absolute Gasteiger partial charge is 0.248 e. The van der Waals surface area contributed by atoms with Gasteiger partial charge in [0.25, 0.3) is 0 Å². The largest absolute Gasteiger partial charge is 0.385 e. The molecule has 0 aliphatic rings. The van der Waals surface area contributed by atoms with Crippen molar-refractivity contribution in [2.24, 2.45) is 0 Å². The van der Waals surface area contributed by atoms with Crippen LogP contribution in [-0.4, -0.2) is 40.1 Å². The lowest BCUT2D eigenvalue weighted by Gasteiger charge is -2.07. The van der Waals surface area contributed by atoms with Gasteiger partial charge in [0.1, 0.15) is 6.33 Å². The van der Waals surface area contributed by atoms with Crippen LogP contribution in [0.2, 0.25) is 10.0 Å². The highest BCUT2D eigenvalue weighted by molar-refractivity contribution is 7.80. The minimum atomic E-state index is 0.439. The predicted octanol–water partition coefficient (Wildman–Crippen LogP) is 2.96. The van der Waals surface area contributed by atoms with Crippen molar-refractivity contribution in [2.75, 3.05) is 25.6 Å². The SMILES string of the molecule is COCCCNC(=S)Nc1ncn(Cc2ccc(Cl)c(Cl)c2)n1. The molecule has 2 N–H and O–H groups in total. The lowest BCUT2D eigenvalue weighted by molar-refractivity contribution is 0.196. The summed E-state index contributed by atoms with van der Waals surface area (Å²) in [7, 11) is 1.67. The molecule has 0 aliphatic carbocycles. The number of halogens is 2. The van der Waals surface area contributed by atoms with Crippen LogP contribution in [0.5, 0.6) is 0 Å². The van der Waals surface area contributed by atoms with Crippen molar-refractivity contribution in [3.8, 4) is 0 Å². The molecule has 9 heteroatoms. The maximum atomic E-state index is 6.00. The Morgan fingerprint density at radius 1 is 1.35 bits per heavy atom. The maximum Gasteiger partial charge on any atom is 0.248 e. The van der Waals surface area contributed by atoms with Crippen molar-refractivity contribution in [1.82, 2.24) is 20.1 Å². The fraction of sp³-hybridized carbons (Fsp3) is 0.357. The van der Waals surface area contributed by atoms with Crippen LogP contribution in [0.1, 0.15) is 12.0 Å². The van der Waals surface area contributed by atoms with Crippen molar-refractivity contribution >= 4 is 46.5 Å². The van der Waals surface area contributed by atoms with Crippen LogP contribution in [-0.2, 0) is 11.3 Å². The van der Waals surface area contributed by atoms with E-state index in [-0.39, 0.29) is 0 Å². The van der Waals surface area contributed by atoms with E-state index in [4.69, 9.17) is 40.2 Å². The highest BCUT2D eigenvalue weighted by Gasteiger charge is 2.05. The van der Waals surface area contributed by atoms with Crippen LogP contribution in [0.3, 0.4) is 0 Å². The van der Waals surface area contributed by atoms with Crippen LogP contribution in [0.25, 0.3) is 0 Å². The minimum Gasteiger partial charge on any atom is -0.385 e. The molecule has 2 rings (SSSR count). The van der Waals surface area contributed by atoms with E-state index >= 15 is 0 Å². The van der Waals surface area contributed by atoms with E-state index in [1.807, 2.05) is 6.07 Å². The first-order valence-corrected chi connectivity index (χ1v) is 8.12. The first kappa shape index (κ1) is 17.9. The molecule has 0 aliphatic heterocycles. The first-order chi connectivity index (χ1) is 11.1. The number of nitrogens with one attached hydrogen (secondary N) is 2. The van der Waals surface area contributed by atoms with Crippen molar-refractivity contribution in [2.45, 2.75) is 13.0 Å². The van der Waals surface area contributed by atoms with E-state index in [2.05, 4.69) is 20.7 Å². The Bertz CT molecular complexity index is 664. The molecule has 0 saturated heterocycles. The summed E-state index contributed by atoms with van der Waals surface area (Å²) in [5.74, 6) is 0.439.